The molecule has 4 N–H and O–H groups in total. The molecule has 12 nitrogen and oxygen atoms in total. The standard InChI is InChI=1S/C20H24N6O6/c1-12(2)14(25-32-18(28)13-6-4-3-5-7-13)19(29)31-9-8-30-11-26-10-22-15-16(26)23-20(21)24-17(15)27/h3-7,10,12,14,25H,8-9,11H2,1-2H3,(H3,21,23,24,27). The predicted octanol–water partition coefficient (Wildman–Crippen LogP) is 0.605. The molecule has 1 unspecified atom stereocenters. The van der Waals surface area contributed by atoms with Gasteiger partial charge in [0.15, 0.2) is 11.2 Å². The van der Waals surface area contributed by atoms with Crippen LogP contribution in [0.1, 0.15) is 24.2 Å². The Labute approximate surface area is 182 Å². The van der Waals surface area contributed by atoms with Crippen molar-refractivity contribution in [3.05, 3.63) is 52.6 Å². The number of nitrogens with two attached hydrogens (primary N) is 1. The Bertz CT molecular complexity index is 1130. The third kappa shape index (κ3) is 5.68. The van der Waals surface area contributed by atoms with Crippen molar-refractivity contribution in [3.63, 3.8) is 0 Å². The van der Waals surface area contributed by atoms with Crippen LogP contribution in [-0.4, -0.2) is 50.7 Å². The van der Waals surface area contributed by atoms with E-state index in [0.29, 0.717) is 5.56 Å². The fraction of sp³-hybridized carbons (Fsp3) is 0.350. The molecule has 0 amide bonds. The van der Waals surface area contributed by atoms with Gasteiger partial charge in [0, 0.05) is 0 Å². The van der Waals surface area contributed by atoms with Gasteiger partial charge in [0.25, 0.3) is 5.56 Å². The van der Waals surface area contributed by atoms with E-state index in [2.05, 4.69) is 20.4 Å². The number of H-pyrrole nitrogens is 1. The number of imidazole rings is 1. The Morgan fingerprint density at radius 3 is 2.69 bits per heavy atom. The summed E-state index contributed by atoms with van der Waals surface area (Å²) in [6.45, 7) is 3.66. The van der Waals surface area contributed by atoms with Crippen LogP contribution in [-0.2, 0) is 25.8 Å². The number of aromatic amines is 1. The number of nitrogens with one attached hydrogen (secondary N) is 2. The minimum absolute atomic E-state index is 0.0286. The molecule has 170 valence electrons. The SMILES string of the molecule is CC(C)C(NOC(=O)c1ccccc1)C(=O)OCCOCn1cnc2c(=O)[nH]c(N)nc21. The maximum Gasteiger partial charge on any atom is 0.356 e. The Hall–Kier alpha value is -3.77. The summed E-state index contributed by atoms with van der Waals surface area (Å²) in [5, 5.41) is 0. The number of hydrogen-bond donors (Lipinski definition) is 3. The maximum atomic E-state index is 12.4. The van der Waals surface area contributed by atoms with Crippen molar-refractivity contribution in [2.24, 2.45) is 5.92 Å². The second kappa shape index (κ2) is 10.5. The summed E-state index contributed by atoms with van der Waals surface area (Å²) in [7, 11) is 0. The fourth-order valence-corrected chi connectivity index (χ4v) is 2.73. The number of aromatic nitrogens is 4. The molecule has 2 heterocycles. The van der Waals surface area contributed by atoms with Crippen molar-refractivity contribution >= 4 is 29.1 Å². The largest absolute Gasteiger partial charge is 0.462 e. The average molecular weight is 444 g/mol. The second-order valence-corrected chi connectivity index (χ2v) is 7.14. The monoisotopic (exact) mass is 444 g/mol. The normalized spacial score (nSPS) is 12.1. The third-order valence-electron chi connectivity index (χ3n) is 4.40. The number of ether oxygens (including phenoxy) is 2. The van der Waals surface area contributed by atoms with E-state index in [1.807, 2.05) is 0 Å². The summed E-state index contributed by atoms with van der Waals surface area (Å²) in [4.78, 5) is 51.6. The smallest absolute Gasteiger partial charge is 0.356 e. The molecule has 2 aromatic heterocycles. The minimum atomic E-state index is -0.848. The van der Waals surface area contributed by atoms with Gasteiger partial charge in [-0.25, -0.2) is 9.78 Å². The summed E-state index contributed by atoms with van der Waals surface area (Å²) in [5.41, 5.74) is 8.37. The highest BCUT2D eigenvalue weighted by molar-refractivity contribution is 5.89. The maximum absolute atomic E-state index is 12.4. The molecule has 0 saturated heterocycles. The number of esters is 1. The van der Waals surface area contributed by atoms with Gasteiger partial charge in [-0.05, 0) is 18.1 Å². The number of carbonyl (C=O) groups excluding carboxylic acids is 2. The highest BCUT2D eigenvalue weighted by atomic mass is 16.7. The summed E-state index contributed by atoms with van der Waals surface area (Å²) in [6.07, 6.45) is 1.40. The van der Waals surface area contributed by atoms with Crippen molar-refractivity contribution < 1.29 is 23.9 Å². The number of anilines is 1. The molecule has 0 fully saturated rings. The molecule has 32 heavy (non-hydrogen) atoms. The van der Waals surface area contributed by atoms with Crippen molar-refractivity contribution in [2.75, 3.05) is 18.9 Å². The quantitative estimate of drug-likeness (QED) is 0.229. The number of nitrogen functional groups attached to an aromatic ring is 1. The number of carbonyl (C=O) groups is 2. The van der Waals surface area contributed by atoms with E-state index >= 15 is 0 Å². The van der Waals surface area contributed by atoms with Gasteiger partial charge >= 0.3 is 11.9 Å². The molecule has 1 atom stereocenters. The first kappa shape index (κ1) is 22.9. The first-order chi connectivity index (χ1) is 15.4. The van der Waals surface area contributed by atoms with Crippen LogP contribution in [0.2, 0.25) is 0 Å². The molecule has 0 aliphatic heterocycles. The molecule has 0 aliphatic rings. The lowest BCUT2D eigenvalue weighted by Gasteiger charge is -2.20. The van der Waals surface area contributed by atoms with Gasteiger partial charge in [-0.3, -0.25) is 19.1 Å². The van der Waals surface area contributed by atoms with E-state index in [9.17, 15) is 14.4 Å². The molecule has 3 rings (SSSR count). The van der Waals surface area contributed by atoms with Crippen LogP contribution in [0.5, 0.6) is 0 Å². The summed E-state index contributed by atoms with van der Waals surface area (Å²) < 4.78 is 12.2. The van der Waals surface area contributed by atoms with Gasteiger partial charge in [-0.1, -0.05) is 32.0 Å². The highest BCUT2D eigenvalue weighted by Gasteiger charge is 2.25. The lowest BCUT2D eigenvalue weighted by molar-refractivity contribution is -0.152. The van der Waals surface area contributed by atoms with E-state index in [1.165, 1.54) is 10.9 Å². The van der Waals surface area contributed by atoms with E-state index in [0.717, 1.165) is 0 Å². The van der Waals surface area contributed by atoms with Crippen LogP contribution in [0.25, 0.3) is 11.2 Å². The number of rotatable bonds is 10. The van der Waals surface area contributed by atoms with E-state index in [4.69, 9.17) is 20.0 Å². The fourth-order valence-electron chi connectivity index (χ4n) is 2.73. The van der Waals surface area contributed by atoms with Gasteiger partial charge in [-0.15, -0.1) is 5.48 Å². The molecular formula is C20H24N6O6. The van der Waals surface area contributed by atoms with Gasteiger partial charge in [0.2, 0.25) is 5.95 Å². The van der Waals surface area contributed by atoms with E-state index in [-0.39, 0.29) is 43.0 Å². The Balaban J connectivity index is 1.44. The van der Waals surface area contributed by atoms with Crippen LogP contribution in [0.4, 0.5) is 5.95 Å². The zero-order valence-corrected chi connectivity index (χ0v) is 17.6. The van der Waals surface area contributed by atoms with Crippen LogP contribution >= 0.6 is 0 Å². The summed E-state index contributed by atoms with van der Waals surface area (Å²) >= 11 is 0. The average Bonchev–Trinajstić information content (AvgIpc) is 3.17. The van der Waals surface area contributed by atoms with Crippen molar-refractivity contribution in [1.29, 1.82) is 0 Å². The van der Waals surface area contributed by atoms with Crippen LogP contribution < -0.4 is 16.8 Å². The number of hydrogen-bond acceptors (Lipinski definition) is 10. The molecule has 1 aromatic carbocycles. The van der Waals surface area contributed by atoms with Crippen molar-refractivity contribution in [2.45, 2.75) is 26.6 Å². The zero-order chi connectivity index (χ0) is 23.1. The van der Waals surface area contributed by atoms with Crippen LogP contribution in [0.15, 0.2) is 41.5 Å². The highest BCUT2D eigenvalue weighted by Crippen LogP contribution is 2.08. The molecule has 0 radical (unpaired) electrons. The Kier molecular flexibility index (Phi) is 7.52. The van der Waals surface area contributed by atoms with Gasteiger partial charge < -0.3 is 20.0 Å². The van der Waals surface area contributed by atoms with Crippen molar-refractivity contribution in [3.8, 4) is 0 Å². The zero-order valence-electron chi connectivity index (χ0n) is 17.6. The Morgan fingerprint density at radius 2 is 1.97 bits per heavy atom. The van der Waals surface area contributed by atoms with E-state index in [1.54, 1.807) is 44.2 Å². The summed E-state index contributed by atoms with van der Waals surface area (Å²) in [5.74, 6) is -1.41. The topological polar surface area (TPSA) is 163 Å². The van der Waals surface area contributed by atoms with Gasteiger partial charge in [0.05, 0.1) is 18.5 Å². The van der Waals surface area contributed by atoms with E-state index < -0.39 is 23.5 Å². The lowest BCUT2D eigenvalue weighted by atomic mass is 10.1. The summed E-state index contributed by atoms with van der Waals surface area (Å²) in [6, 6.07) is 7.56. The molecule has 0 saturated carbocycles. The second-order valence-electron chi connectivity index (χ2n) is 7.14. The molecule has 0 aliphatic carbocycles. The lowest BCUT2D eigenvalue weighted by Crippen LogP contribution is -2.43. The number of hydroxylamine groups is 1. The number of nitrogens with zero attached hydrogens (tertiary/aromatic N) is 3. The Morgan fingerprint density at radius 1 is 1.22 bits per heavy atom. The molecule has 12 heteroatoms. The van der Waals surface area contributed by atoms with Crippen LogP contribution in [0.3, 0.4) is 0 Å². The van der Waals surface area contributed by atoms with Gasteiger partial charge in [-0.2, -0.15) is 4.98 Å². The number of fused-ring (bicyclic) bond motifs is 1. The molecule has 0 spiro atoms. The third-order valence-corrected chi connectivity index (χ3v) is 4.40. The van der Waals surface area contributed by atoms with Crippen LogP contribution in [0, 0.1) is 5.92 Å². The minimum Gasteiger partial charge on any atom is -0.462 e. The first-order valence-corrected chi connectivity index (χ1v) is 9.83. The van der Waals surface area contributed by atoms with Gasteiger partial charge in [0.1, 0.15) is 19.4 Å². The number of benzene rings is 1. The molecule has 3 aromatic rings. The molecular weight excluding hydrogens is 420 g/mol. The first-order valence-electron chi connectivity index (χ1n) is 9.83. The predicted molar refractivity (Wildman–Crippen MR) is 113 cm³/mol. The van der Waals surface area contributed by atoms with Crippen molar-refractivity contribution in [1.82, 2.24) is 25.0 Å². The molecule has 0 bridgehead atoms.